The van der Waals surface area contributed by atoms with Gasteiger partial charge in [-0.1, -0.05) is 24.3 Å². The van der Waals surface area contributed by atoms with E-state index in [0.29, 0.717) is 13.2 Å². The number of rotatable bonds is 6. The highest BCUT2D eigenvalue weighted by Gasteiger charge is 2.02. The van der Waals surface area contributed by atoms with Gasteiger partial charge in [0.2, 0.25) is 0 Å². The Morgan fingerprint density at radius 3 is 2.41 bits per heavy atom. The zero-order valence-electron chi connectivity index (χ0n) is 13.3. The summed E-state index contributed by atoms with van der Waals surface area (Å²) in [5.74, 6) is 0.766. The predicted octanol–water partition coefficient (Wildman–Crippen LogP) is 1.43. The summed E-state index contributed by atoms with van der Waals surface area (Å²) >= 11 is 0. The lowest BCUT2D eigenvalue weighted by Crippen LogP contribution is -2.36. The minimum Gasteiger partial charge on any atom is -0.380 e. The van der Waals surface area contributed by atoms with E-state index in [-0.39, 0.29) is 0 Å². The van der Waals surface area contributed by atoms with Crippen LogP contribution in [0, 0.1) is 0 Å². The molecule has 0 fully saturated rings. The number of aliphatic imine (C=N–C) groups is 1. The first kappa shape index (κ1) is 16.0. The first-order valence-corrected chi connectivity index (χ1v) is 7.21. The number of aryl methyl sites for hydroxylation is 1. The molecule has 1 aromatic heterocycles. The smallest absolute Gasteiger partial charge is 0.191 e. The van der Waals surface area contributed by atoms with E-state index in [1.165, 1.54) is 11.1 Å². The molecule has 0 amide bonds. The molecule has 2 aromatic rings. The summed E-state index contributed by atoms with van der Waals surface area (Å²) in [5.41, 5.74) is 3.47. The van der Waals surface area contributed by atoms with E-state index in [1.807, 2.05) is 17.8 Å². The van der Waals surface area contributed by atoms with Crippen molar-refractivity contribution in [2.45, 2.75) is 19.7 Å². The van der Waals surface area contributed by atoms with Gasteiger partial charge >= 0.3 is 0 Å². The lowest BCUT2D eigenvalue weighted by Gasteiger charge is -2.12. The summed E-state index contributed by atoms with van der Waals surface area (Å²) < 4.78 is 6.95. The number of nitrogens with one attached hydrogen (secondary N) is 2. The van der Waals surface area contributed by atoms with E-state index in [4.69, 9.17) is 4.74 Å². The van der Waals surface area contributed by atoms with Crippen molar-refractivity contribution >= 4 is 5.96 Å². The summed E-state index contributed by atoms with van der Waals surface area (Å²) in [4.78, 5) is 4.22. The second-order valence-corrected chi connectivity index (χ2v) is 4.97. The lowest BCUT2D eigenvalue weighted by molar-refractivity contribution is 0.185. The van der Waals surface area contributed by atoms with Crippen LogP contribution >= 0.6 is 0 Å². The van der Waals surface area contributed by atoms with E-state index < -0.39 is 0 Å². The van der Waals surface area contributed by atoms with Crippen LogP contribution in [0.3, 0.4) is 0 Å². The van der Waals surface area contributed by atoms with Crippen LogP contribution in [0.2, 0.25) is 0 Å². The summed E-state index contributed by atoms with van der Waals surface area (Å²) in [6.45, 7) is 2.04. The zero-order chi connectivity index (χ0) is 15.8. The fourth-order valence-corrected chi connectivity index (χ4v) is 2.08. The quantitative estimate of drug-likeness (QED) is 0.626. The van der Waals surface area contributed by atoms with E-state index in [1.54, 1.807) is 20.4 Å². The van der Waals surface area contributed by atoms with Crippen LogP contribution < -0.4 is 10.6 Å². The Morgan fingerprint density at radius 2 is 1.82 bits per heavy atom. The number of benzene rings is 1. The third-order valence-electron chi connectivity index (χ3n) is 3.38. The standard InChI is InChI=1S/C16H23N5O/c1-17-16(19-11-15-8-9-20-21(15)2)18-10-13-4-6-14(7-5-13)12-22-3/h4-9H,10-12H2,1-3H3,(H2,17,18,19). The molecule has 2 N–H and O–H groups in total. The Labute approximate surface area is 131 Å². The fraction of sp³-hybridized carbons (Fsp3) is 0.375. The van der Waals surface area contributed by atoms with Gasteiger partial charge in [-0.05, 0) is 17.2 Å². The van der Waals surface area contributed by atoms with Crippen LogP contribution in [0.4, 0.5) is 0 Å². The molecule has 0 aliphatic heterocycles. The van der Waals surface area contributed by atoms with E-state index in [9.17, 15) is 0 Å². The molecule has 118 valence electrons. The Hall–Kier alpha value is -2.34. The van der Waals surface area contributed by atoms with Gasteiger partial charge in [0.05, 0.1) is 18.8 Å². The Balaban J connectivity index is 1.82. The molecule has 0 saturated carbocycles. The molecule has 2 rings (SSSR count). The van der Waals surface area contributed by atoms with Gasteiger partial charge in [0, 0.05) is 33.9 Å². The molecule has 6 nitrogen and oxygen atoms in total. The van der Waals surface area contributed by atoms with Gasteiger partial charge < -0.3 is 15.4 Å². The van der Waals surface area contributed by atoms with Gasteiger partial charge in [0.25, 0.3) is 0 Å². The molecule has 0 radical (unpaired) electrons. The maximum atomic E-state index is 5.11. The summed E-state index contributed by atoms with van der Waals surface area (Å²) in [6, 6.07) is 10.3. The first-order valence-electron chi connectivity index (χ1n) is 7.21. The number of methoxy groups -OCH3 is 1. The lowest BCUT2D eigenvalue weighted by atomic mass is 10.1. The Bertz CT molecular complexity index is 603. The number of aromatic nitrogens is 2. The molecular formula is C16H23N5O. The molecule has 0 bridgehead atoms. The highest BCUT2D eigenvalue weighted by Crippen LogP contribution is 2.05. The number of hydrogen-bond donors (Lipinski definition) is 2. The first-order chi connectivity index (χ1) is 10.7. The van der Waals surface area contributed by atoms with Gasteiger partial charge in [-0.3, -0.25) is 9.67 Å². The van der Waals surface area contributed by atoms with Crippen LogP contribution in [0.5, 0.6) is 0 Å². The van der Waals surface area contributed by atoms with Crippen molar-refractivity contribution in [1.29, 1.82) is 0 Å². The Morgan fingerprint density at radius 1 is 1.14 bits per heavy atom. The van der Waals surface area contributed by atoms with Crippen molar-refractivity contribution in [2.75, 3.05) is 14.2 Å². The van der Waals surface area contributed by atoms with Gasteiger partial charge in [-0.15, -0.1) is 0 Å². The second kappa shape index (κ2) is 8.19. The van der Waals surface area contributed by atoms with Crippen LogP contribution in [0.15, 0.2) is 41.5 Å². The molecule has 0 aliphatic carbocycles. The molecule has 0 atom stereocenters. The van der Waals surface area contributed by atoms with Crippen molar-refractivity contribution in [3.05, 3.63) is 53.3 Å². The molecular weight excluding hydrogens is 278 g/mol. The topological polar surface area (TPSA) is 63.5 Å². The van der Waals surface area contributed by atoms with Crippen molar-refractivity contribution in [3.8, 4) is 0 Å². The maximum absolute atomic E-state index is 5.11. The highest BCUT2D eigenvalue weighted by atomic mass is 16.5. The number of guanidine groups is 1. The minimum atomic E-state index is 0.641. The van der Waals surface area contributed by atoms with Crippen LogP contribution in [0.25, 0.3) is 0 Å². The summed E-state index contributed by atoms with van der Waals surface area (Å²) in [5, 5.41) is 10.7. The third kappa shape index (κ3) is 4.60. The monoisotopic (exact) mass is 301 g/mol. The minimum absolute atomic E-state index is 0.641. The van der Waals surface area contributed by atoms with Crippen molar-refractivity contribution < 1.29 is 4.74 Å². The molecule has 0 saturated heterocycles. The van der Waals surface area contributed by atoms with Crippen molar-refractivity contribution in [1.82, 2.24) is 20.4 Å². The summed E-state index contributed by atoms with van der Waals surface area (Å²) in [7, 11) is 5.39. The second-order valence-electron chi connectivity index (χ2n) is 4.97. The van der Waals surface area contributed by atoms with Crippen LogP contribution in [-0.2, 0) is 31.5 Å². The largest absolute Gasteiger partial charge is 0.380 e. The molecule has 0 aliphatic rings. The van der Waals surface area contributed by atoms with Crippen molar-refractivity contribution in [2.24, 2.45) is 12.0 Å². The van der Waals surface area contributed by atoms with Crippen molar-refractivity contribution in [3.63, 3.8) is 0 Å². The number of hydrogen-bond acceptors (Lipinski definition) is 3. The zero-order valence-corrected chi connectivity index (χ0v) is 13.3. The normalized spacial score (nSPS) is 11.5. The molecule has 6 heteroatoms. The van der Waals surface area contributed by atoms with Gasteiger partial charge in [-0.2, -0.15) is 5.10 Å². The maximum Gasteiger partial charge on any atom is 0.191 e. The van der Waals surface area contributed by atoms with E-state index in [0.717, 1.165) is 18.2 Å². The molecule has 0 unspecified atom stereocenters. The third-order valence-corrected chi connectivity index (χ3v) is 3.38. The van der Waals surface area contributed by atoms with E-state index in [2.05, 4.69) is 45.0 Å². The average Bonchev–Trinajstić information content (AvgIpc) is 2.94. The van der Waals surface area contributed by atoms with Gasteiger partial charge in [0.1, 0.15) is 0 Å². The predicted molar refractivity (Wildman–Crippen MR) is 87.4 cm³/mol. The molecule has 22 heavy (non-hydrogen) atoms. The number of nitrogens with zero attached hydrogens (tertiary/aromatic N) is 3. The molecule has 1 heterocycles. The molecule has 1 aromatic carbocycles. The molecule has 0 spiro atoms. The van der Waals surface area contributed by atoms with Crippen LogP contribution in [0.1, 0.15) is 16.8 Å². The average molecular weight is 301 g/mol. The Kier molecular flexibility index (Phi) is 5.97. The summed E-state index contributed by atoms with van der Waals surface area (Å²) in [6.07, 6.45) is 1.79. The highest BCUT2D eigenvalue weighted by molar-refractivity contribution is 5.79. The van der Waals surface area contributed by atoms with E-state index >= 15 is 0 Å². The SMILES string of the molecule is CN=C(NCc1ccc(COC)cc1)NCc1ccnn1C. The van der Waals surface area contributed by atoms with Gasteiger partial charge in [-0.25, -0.2) is 0 Å². The van der Waals surface area contributed by atoms with Gasteiger partial charge in [0.15, 0.2) is 5.96 Å². The number of ether oxygens (including phenoxy) is 1. The fourth-order valence-electron chi connectivity index (χ4n) is 2.08. The van der Waals surface area contributed by atoms with Crippen LogP contribution in [-0.4, -0.2) is 29.9 Å².